The second-order valence-corrected chi connectivity index (χ2v) is 7.91. The Morgan fingerprint density at radius 3 is 2.36 bits per heavy atom. The van der Waals surface area contributed by atoms with Crippen molar-refractivity contribution in [3.05, 3.63) is 60.2 Å². The summed E-state index contributed by atoms with van der Waals surface area (Å²) in [5.41, 5.74) is 0.0936. The molecule has 0 N–H and O–H groups in total. The van der Waals surface area contributed by atoms with Crippen LogP contribution >= 0.6 is 0 Å². The third kappa shape index (κ3) is 4.34. The van der Waals surface area contributed by atoms with Gasteiger partial charge in [0.15, 0.2) is 6.61 Å². The van der Waals surface area contributed by atoms with Gasteiger partial charge in [-0.3, -0.25) is 4.79 Å². The summed E-state index contributed by atoms with van der Waals surface area (Å²) in [6.07, 6.45) is 1.44. The highest BCUT2D eigenvalue weighted by molar-refractivity contribution is 7.89. The van der Waals surface area contributed by atoms with Crippen LogP contribution in [0.5, 0.6) is 0 Å². The lowest BCUT2D eigenvalue weighted by Crippen LogP contribution is -2.51. The second-order valence-electron chi connectivity index (χ2n) is 6.01. The molecule has 0 spiro atoms. The van der Waals surface area contributed by atoms with Crippen molar-refractivity contribution in [1.82, 2.24) is 14.2 Å². The molecule has 1 aliphatic heterocycles. The van der Waals surface area contributed by atoms with E-state index in [0.717, 1.165) is 10.4 Å². The van der Waals surface area contributed by atoms with E-state index in [1.165, 1.54) is 35.4 Å². The number of nitrogens with zero attached hydrogens (tertiary/aromatic N) is 3. The van der Waals surface area contributed by atoms with Crippen LogP contribution in [0.25, 0.3) is 0 Å². The molecule has 1 fully saturated rings. The molecule has 3 rings (SSSR count). The number of piperazine rings is 1. The van der Waals surface area contributed by atoms with Crippen molar-refractivity contribution in [1.29, 1.82) is 0 Å². The lowest BCUT2D eigenvalue weighted by Gasteiger charge is -2.33. The Morgan fingerprint density at radius 1 is 1.04 bits per heavy atom. The number of benzene rings is 1. The summed E-state index contributed by atoms with van der Waals surface area (Å²) in [6.45, 7) is -0.177. The maximum atomic E-state index is 13.8. The van der Waals surface area contributed by atoms with Crippen LogP contribution in [0.2, 0.25) is 0 Å². The van der Waals surface area contributed by atoms with Crippen LogP contribution in [0.3, 0.4) is 0 Å². The monoisotopic (exact) mass is 407 g/mol. The molecule has 0 radical (unpaired) electrons. The first-order valence-electron chi connectivity index (χ1n) is 8.50. The maximum Gasteiger partial charge on any atom is 0.357 e. The van der Waals surface area contributed by atoms with Gasteiger partial charge in [0.25, 0.3) is 5.91 Å². The van der Waals surface area contributed by atoms with Crippen molar-refractivity contribution in [2.75, 3.05) is 32.8 Å². The molecule has 0 atom stereocenters. The van der Waals surface area contributed by atoms with Crippen LogP contribution in [0.15, 0.2) is 53.6 Å². The highest BCUT2D eigenvalue weighted by Crippen LogP contribution is 2.20. The first-order chi connectivity index (χ1) is 13.4. The maximum absolute atomic E-state index is 13.8. The molecule has 0 saturated carbocycles. The lowest BCUT2D eigenvalue weighted by molar-refractivity contribution is -0.135. The van der Waals surface area contributed by atoms with Gasteiger partial charge in [0.2, 0.25) is 10.0 Å². The topological polar surface area (TPSA) is 96.9 Å². The van der Waals surface area contributed by atoms with Crippen LogP contribution in [-0.4, -0.2) is 67.3 Å². The molecule has 148 valence electrons. The van der Waals surface area contributed by atoms with Gasteiger partial charge in [-0.2, -0.15) is 4.31 Å². The van der Waals surface area contributed by atoms with Crippen molar-refractivity contribution in [3.8, 4) is 0 Å². The van der Waals surface area contributed by atoms with Gasteiger partial charge < -0.3 is 9.64 Å². The number of aromatic nitrogens is 1. The van der Waals surface area contributed by atoms with Gasteiger partial charge in [-0.15, -0.1) is 0 Å². The van der Waals surface area contributed by atoms with Crippen molar-refractivity contribution in [2.24, 2.45) is 0 Å². The van der Waals surface area contributed by atoms with Crippen molar-refractivity contribution >= 4 is 21.9 Å². The quantitative estimate of drug-likeness (QED) is 0.684. The van der Waals surface area contributed by atoms with E-state index in [0.29, 0.717) is 0 Å². The van der Waals surface area contributed by atoms with Gasteiger partial charge in [0, 0.05) is 32.4 Å². The number of hydrogen-bond acceptors (Lipinski definition) is 6. The normalized spacial score (nSPS) is 15.2. The molecule has 2 heterocycles. The summed E-state index contributed by atoms with van der Waals surface area (Å²) in [6, 6.07) is 9.90. The van der Waals surface area contributed by atoms with Gasteiger partial charge in [-0.1, -0.05) is 18.2 Å². The summed E-state index contributed by atoms with van der Waals surface area (Å²) >= 11 is 0. The summed E-state index contributed by atoms with van der Waals surface area (Å²) in [4.78, 5) is 28.9. The number of rotatable bonds is 5. The number of carbonyl (C=O) groups is 2. The molecule has 0 bridgehead atoms. The number of sulfonamides is 1. The molecule has 1 aliphatic rings. The van der Waals surface area contributed by atoms with E-state index in [-0.39, 0.29) is 36.8 Å². The number of carbonyl (C=O) groups excluding carboxylic acids is 2. The first kappa shape index (κ1) is 19.9. The molecule has 1 amide bonds. The van der Waals surface area contributed by atoms with E-state index >= 15 is 0 Å². The molecule has 8 nitrogen and oxygen atoms in total. The molecule has 1 saturated heterocycles. The average molecular weight is 407 g/mol. The Bertz CT molecular complexity index is 960. The summed E-state index contributed by atoms with van der Waals surface area (Å²) < 4.78 is 45.0. The van der Waals surface area contributed by atoms with Gasteiger partial charge in [0.1, 0.15) is 16.4 Å². The second kappa shape index (κ2) is 8.44. The predicted molar refractivity (Wildman–Crippen MR) is 96.3 cm³/mol. The first-order valence-corrected chi connectivity index (χ1v) is 9.94. The van der Waals surface area contributed by atoms with E-state index < -0.39 is 34.3 Å². The fraction of sp³-hybridized carbons (Fsp3) is 0.278. The zero-order valence-corrected chi connectivity index (χ0v) is 15.6. The number of halogens is 1. The number of esters is 1. The Kier molecular flexibility index (Phi) is 6.00. The van der Waals surface area contributed by atoms with Crippen molar-refractivity contribution < 1.29 is 27.1 Å². The average Bonchev–Trinajstić information content (AvgIpc) is 2.72. The van der Waals surface area contributed by atoms with Crippen LogP contribution in [-0.2, 0) is 19.6 Å². The third-order valence-corrected chi connectivity index (χ3v) is 6.18. The Labute approximate surface area is 161 Å². The Morgan fingerprint density at radius 2 is 1.71 bits per heavy atom. The minimum absolute atomic E-state index is 0.0244. The smallest absolute Gasteiger partial charge is 0.357 e. The van der Waals surface area contributed by atoms with Crippen LogP contribution in [0, 0.1) is 5.82 Å². The highest BCUT2D eigenvalue weighted by Gasteiger charge is 2.32. The molecule has 2 aromatic rings. The lowest BCUT2D eigenvalue weighted by atomic mass is 10.3. The molecular weight excluding hydrogens is 389 g/mol. The van der Waals surface area contributed by atoms with Crippen molar-refractivity contribution in [3.63, 3.8) is 0 Å². The number of pyridine rings is 1. The van der Waals surface area contributed by atoms with E-state index in [2.05, 4.69) is 4.98 Å². The van der Waals surface area contributed by atoms with Crippen LogP contribution in [0.4, 0.5) is 4.39 Å². The Balaban J connectivity index is 1.54. The van der Waals surface area contributed by atoms with E-state index in [4.69, 9.17) is 4.74 Å². The minimum Gasteiger partial charge on any atom is -0.451 e. The predicted octanol–water partition coefficient (Wildman–Crippen LogP) is 0.911. The summed E-state index contributed by atoms with van der Waals surface area (Å²) in [7, 11) is -3.98. The molecule has 0 unspecified atom stereocenters. The molecule has 0 aliphatic carbocycles. The van der Waals surface area contributed by atoms with Gasteiger partial charge in [0.05, 0.1) is 0 Å². The number of hydrogen-bond donors (Lipinski definition) is 0. The molecule has 1 aromatic carbocycles. The fourth-order valence-corrected chi connectivity index (χ4v) is 4.23. The molecule has 10 heteroatoms. The zero-order chi connectivity index (χ0) is 20.1. The van der Waals surface area contributed by atoms with Crippen LogP contribution < -0.4 is 0 Å². The molecular formula is C18H18FN3O5S. The molecule has 28 heavy (non-hydrogen) atoms. The number of ether oxygens (including phenoxy) is 1. The standard InChI is InChI=1S/C18H18FN3O5S/c19-14-5-1-2-7-16(14)28(25,26)22-11-9-21(10-12-22)17(23)13-27-18(24)15-6-3-4-8-20-15/h1-8H,9-13H2. The van der Waals surface area contributed by atoms with Gasteiger partial charge in [-0.05, 0) is 24.3 Å². The van der Waals surface area contributed by atoms with Gasteiger partial charge >= 0.3 is 5.97 Å². The largest absolute Gasteiger partial charge is 0.451 e. The van der Waals surface area contributed by atoms with Gasteiger partial charge in [-0.25, -0.2) is 22.6 Å². The summed E-state index contributed by atoms with van der Waals surface area (Å²) in [5.74, 6) is -1.97. The van der Waals surface area contributed by atoms with E-state index in [1.54, 1.807) is 12.1 Å². The molecule has 1 aromatic heterocycles. The minimum atomic E-state index is -3.98. The van der Waals surface area contributed by atoms with Crippen molar-refractivity contribution in [2.45, 2.75) is 4.90 Å². The SMILES string of the molecule is O=C(OCC(=O)N1CCN(S(=O)(=O)c2ccccc2F)CC1)c1ccccn1. The summed E-state index contributed by atoms with van der Waals surface area (Å²) in [5, 5.41) is 0. The number of amides is 1. The zero-order valence-electron chi connectivity index (χ0n) is 14.8. The highest BCUT2D eigenvalue weighted by atomic mass is 32.2. The Hall–Kier alpha value is -2.85. The third-order valence-electron chi connectivity index (χ3n) is 4.25. The van der Waals surface area contributed by atoms with Crippen LogP contribution in [0.1, 0.15) is 10.5 Å². The van der Waals surface area contributed by atoms with E-state index in [9.17, 15) is 22.4 Å². The van der Waals surface area contributed by atoms with E-state index in [1.807, 2.05) is 0 Å². The fourth-order valence-electron chi connectivity index (χ4n) is 2.75.